The molecule has 2 aromatic rings. The molecule has 1 unspecified atom stereocenters. The molecule has 0 saturated carbocycles. The predicted molar refractivity (Wildman–Crippen MR) is 99.1 cm³/mol. The van der Waals surface area contributed by atoms with E-state index in [2.05, 4.69) is 5.32 Å². The number of halogens is 2. The van der Waals surface area contributed by atoms with E-state index < -0.39 is 0 Å². The van der Waals surface area contributed by atoms with Gasteiger partial charge in [-0.2, -0.15) is 0 Å². The van der Waals surface area contributed by atoms with E-state index in [1.807, 2.05) is 49.2 Å². The second-order valence-electron chi connectivity index (χ2n) is 5.43. The third-order valence-corrected chi connectivity index (χ3v) is 4.25. The molecule has 0 aliphatic rings. The Bertz CT molecular complexity index is 680. The maximum atomic E-state index is 12.4. The first-order valence-corrected chi connectivity index (χ1v) is 8.37. The quantitative estimate of drug-likeness (QED) is 0.792. The summed E-state index contributed by atoms with van der Waals surface area (Å²) in [6.45, 7) is 2.94. The molecule has 1 atom stereocenters. The van der Waals surface area contributed by atoms with Crippen molar-refractivity contribution in [2.75, 3.05) is 25.5 Å². The number of para-hydroxylation sites is 1. The summed E-state index contributed by atoms with van der Waals surface area (Å²) in [5, 5.41) is 3.78. The van der Waals surface area contributed by atoms with Crippen LogP contribution in [-0.2, 0) is 4.79 Å². The van der Waals surface area contributed by atoms with Gasteiger partial charge in [0, 0.05) is 11.6 Å². The molecule has 128 valence electrons. The van der Waals surface area contributed by atoms with E-state index >= 15 is 0 Å². The van der Waals surface area contributed by atoms with Crippen LogP contribution in [0.25, 0.3) is 0 Å². The Hall–Kier alpha value is -1.75. The molecule has 0 bridgehead atoms. The van der Waals surface area contributed by atoms with Crippen molar-refractivity contribution in [3.05, 3.63) is 58.6 Å². The van der Waals surface area contributed by atoms with Crippen LogP contribution in [0.4, 0.5) is 5.69 Å². The number of hydrogen-bond donors (Lipinski definition) is 1. The number of rotatable bonds is 7. The van der Waals surface area contributed by atoms with Gasteiger partial charge in [-0.1, -0.05) is 41.4 Å². The highest BCUT2D eigenvalue weighted by Crippen LogP contribution is 2.25. The number of likely N-dealkylation sites (N-methyl/N-ethyl adjacent to an activating group) is 1. The second-order valence-corrected chi connectivity index (χ2v) is 6.28. The van der Waals surface area contributed by atoms with Crippen LogP contribution in [0, 0.1) is 0 Å². The number of carbonyl (C=O) groups excluding carboxylic acids is 1. The topological polar surface area (TPSA) is 41.6 Å². The van der Waals surface area contributed by atoms with Crippen LogP contribution in [-0.4, -0.2) is 37.0 Å². The summed E-state index contributed by atoms with van der Waals surface area (Å²) in [5.41, 5.74) is 0.509. The van der Waals surface area contributed by atoms with Crippen molar-refractivity contribution in [2.24, 2.45) is 0 Å². The first-order chi connectivity index (χ1) is 11.5. The Balaban J connectivity index is 1.84. The number of anilines is 1. The molecule has 0 aliphatic carbocycles. The third-order valence-electron chi connectivity index (χ3n) is 3.68. The molecule has 6 heteroatoms. The highest BCUT2D eigenvalue weighted by atomic mass is 35.5. The number of nitrogens with zero attached hydrogens (tertiary/aromatic N) is 1. The van der Waals surface area contributed by atoms with E-state index in [0.717, 1.165) is 5.75 Å². The van der Waals surface area contributed by atoms with Gasteiger partial charge >= 0.3 is 0 Å². The van der Waals surface area contributed by atoms with Crippen LogP contribution in [0.5, 0.6) is 5.75 Å². The molecule has 0 saturated heterocycles. The molecule has 0 radical (unpaired) electrons. The first kappa shape index (κ1) is 18.6. The average Bonchev–Trinajstić information content (AvgIpc) is 2.58. The molecule has 2 rings (SSSR count). The zero-order valence-corrected chi connectivity index (χ0v) is 15.1. The lowest BCUT2D eigenvalue weighted by atomic mass is 10.2. The van der Waals surface area contributed by atoms with Gasteiger partial charge in [-0.15, -0.1) is 0 Å². The van der Waals surface area contributed by atoms with Gasteiger partial charge in [0.25, 0.3) is 0 Å². The largest absolute Gasteiger partial charge is 0.492 e. The number of amides is 1. The Labute approximate surface area is 152 Å². The third kappa shape index (κ3) is 5.41. The maximum absolute atomic E-state index is 12.4. The van der Waals surface area contributed by atoms with E-state index in [4.69, 9.17) is 27.9 Å². The maximum Gasteiger partial charge on any atom is 0.241 e. The van der Waals surface area contributed by atoms with Crippen LogP contribution in [0.3, 0.4) is 0 Å². The summed E-state index contributed by atoms with van der Waals surface area (Å²) in [6.07, 6.45) is 0. The first-order valence-electron chi connectivity index (χ1n) is 7.61. The normalized spacial score (nSPS) is 12.0. The number of nitrogens with one attached hydrogen (secondary N) is 1. The summed E-state index contributed by atoms with van der Waals surface area (Å²) in [5.74, 6) is 0.662. The summed E-state index contributed by atoms with van der Waals surface area (Å²) in [6, 6.07) is 14.2. The number of hydrogen-bond acceptors (Lipinski definition) is 3. The van der Waals surface area contributed by atoms with E-state index in [1.165, 1.54) is 0 Å². The zero-order chi connectivity index (χ0) is 17.5. The molecule has 1 N–H and O–H groups in total. The van der Waals surface area contributed by atoms with Crippen molar-refractivity contribution in [2.45, 2.75) is 13.0 Å². The molecule has 4 nitrogen and oxygen atoms in total. The van der Waals surface area contributed by atoms with Gasteiger partial charge in [-0.3, -0.25) is 9.69 Å². The number of carbonyl (C=O) groups is 1. The second kappa shape index (κ2) is 8.92. The standard InChI is InChI=1S/C18H20Cl2N2O2/c1-13(18(23)21-17-12-14(19)8-9-16(17)20)22(2)10-11-24-15-6-4-3-5-7-15/h3-9,12-13H,10-11H2,1-2H3,(H,21,23). The van der Waals surface area contributed by atoms with Crippen molar-refractivity contribution in [1.29, 1.82) is 0 Å². The molecule has 0 heterocycles. The summed E-state index contributed by atoms with van der Waals surface area (Å²) < 4.78 is 5.65. The van der Waals surface area contributed by atoms with Crippen molar-refractivity contribution < 1.29 is 9.53 Å². The van der Waals surface area contributed by atoms with Crippen molar-refractivity contribution in [3.63, 3.8) is 0 Å². The van der Waals surface area contributed by atoms with E-state index in [1.54, 1.807) is 18.2 Å². The summed E-state index contributed by atoms with van der Waals surface area (Å²) >= 11 is 12.0. The van der Waals surface area contributed by atoms with E-state index in [-0.39, 0.29) is 11.9 Å². The Kier molecular flexibility index (Phi) is 6.91. The monoisotopic (exact) mass is 366 g/mol. The molecule has 0 spiro atoms. The van der Waals surface area contributed by atoms with Gasteiger partial charge in [0.15, 0.2) is 0 Å². The van der Waals surface area contributed by atoms with Gasteiger partial charge in [0.2, 0.25) is 5.91 Å². The fourth-order valence-corrected chi connectivity index (χ4v) is 2.39. The Morgan fingerprint density at radius 1 is 1.21 bits per heavy atom. The average molecular weight is 367 g/mol. The number of benzene rings is 2. The van der Waals surface area contributed by atoms with Crippen molar-refractivity contribution >= 4 is 34.8 Å². The highest BCUT2D eigenvalue weighted by molar-refractivity contribution is 6.35. The highest BCUT2D eigenvalue weighted by Gasteiger charge is 2.19. The van der Waals surface area contributed by atoms with Gasteiger partial charge in [0.1, 0.15) is 12.4 Å². The molecular weight excluding hydrogens is 347 g/mol. The number of ether oxygens (including phenoxy) is 1. The van der Waals surface area contributed by atoms with Crippen LogP contribution < -0.4 is 10.1 Å². The Morgan fingerprint density at radius 2 is 1.92 bits per heavy atom. The van der Waals surface area contributed by atoms with E-state index in [0.29, 0.717) is 28.9 Å². The molecule has 1 amide bonds. The minimum Gasteiger partial charge on any atom is -0.492 e. The molecular formula is C18H20Cl2N2O2. The minimum absolute atomic E-state index is 0.152. The van der Waals surface area contributed by atoms with Crippen molar-refractivity contribution in [1.82, 2.24) is 4.90 Å². The SMILES string of the molecule is CC(C(=O)Nc1cc(Cl)ccc1Cl)N(C)CCOc1ccccc1. The van der Waals surface area contributed by atoms with Crippen LogP contribution in [0.1, 0.15) is 6.92 Å². The molecule has 0 aliphatic heterocycles. The predicted octanol–water partition coefficient (Wildman–Crippen LogP) is 4.33. The lowest BCUT2D eigenvalue weighted by Gasteiger charge is -2.24. The van der Waals surface area contributed by atoms with Crippen LogP contribution in [0.15, 0.2) is 48.5 Å². The summed E-state index contributed by atoms with van der Waals surface area (Å²) in [7, 11) is 1.87. The smallest absolute Gasteiger partial charge is 0.241 e. The molecule has 2 aromatic carbocycles. The minimum atomic E-state index is -0.334. The van der Waals surface area contributed by atoms with Gasteiger partial charge in [-0.25, -0.2) is 0 Å². The zero-order valence-electron chi connectivity index (χ0n) is 13.6. The lowest BCUT2D eigenvalue weighted by Crippen LogP contribution is -2.41. The molecule has 0 aromatic heterocycles. The van der Waals surface area contributed by atoms with Gasteiger partial charge in [0.05, 0.1) is 16.8 Å². The fourth-order valence-electron chi connectivity index (χ4n) is 2.05. The van der Waals surface area contributed by atoms with Crippen molar-refractivity contribution in [3.8, 4) is 5.75 Å². The van der Waals surface area contributed by atoms with Crippen LogP contribution >= 0.6 is 23.2 Å². The van der Waals surface area contributed by atoms with Gasteiger partial charge < -0.3 is 10.1 Å². The molecule has 0 fully saturated rings. The molecule has 24 heavy (non-hydrogen) atoms. The summed E-state index contributed by atoms with van der Waals surface area (Å²) in [4.78, 5) is 14.3. The Morgan fingerprint density at radius 3 is 2.62 bits per heavy atom. The van der Waals surface area contributed by atoms with Gasteiger partial charge in [-0.05, 0) is 44.3 Å². The van der Waals surface area contributed by atoms with Crippen LogP contribution in [0.2, 0.25) is 10.0 Å². The fraction of sp³-hybridized carbons (Fsp3) is 0.278. The van der Waals surface area contributed by atoms with E-state index in [9.17, 15) is 4.79 Å². The lowest BCUT2D eigenvalue weighted by molar-refractivity contribution is -0.120.